The molecule has 166 valence electrons. The molecule has 1 heterocycles. The second kappa shape index (κ2) is 7.93. The number of amides is 1. The fourth-order valence-electron chi connectivity index (χ4n) is 3.15. The minimum atomic E-state index is -4.84. The van der Waals surface area contributed by atoms with Crippen molar-refractivity contribution in [2.45, 2.75) is 25.2 Å². The number of carbonyl (C=O) groups excluding carboxylic acids is 1. The van der Waals surface area contributed by atoms with E-state index in [-0.39, 0.29) is 16.6 Å². The molecular weight excluding hydrogens is 436 g/mol. The van der Waals surface area contributed by atoms with Crippen LogP contribution in [0.3, 0.4) is 0 Å². The van der Waals surface area contributed by atoms with E-state index in [0.717, 1.165) is 37.4 Å². The summed E-state index contributed by atoms with van der Waals surface area (Å²) >= 11 is 0. The Hall–Kier alpha value is -3.98. The number of nitriles is 1. The van der Waals surface area contributed by atoms with E-state index in [4.69, 9.17) is 5.26 Å². The van der Waals surface area contributed by atoms with Gasteiger partial charge in [0.05, 0.1) is 45.8 Å². The van der Waals surface area contributed by atoms with E-state index >= 15 is 0 Å². The molecule has 0 aliphatic carbocycles. The summed E-state index contributed by atoms with van der Waals surface area (Å²) in [6.45, 7) is 0.551. The number of rotatable bonds is 5. The monoisotopic (exact) mass is 450 g/mol. The summed E-state index contributed by atoms with van der Waals surface area (Å²) in [4.78, 5) is 23.1. The van der Waals surface area contributed by atoms with Crippen LogP contribution in [0.15, 0.2) is 42.6 Å². The number of alkyl halides is 3. The molecule has 3 rings (SSSR count). The van der Waals surface area contributed by atoms with Gasteiger partial charge in [0.25, 0.3) is 11.6 Å². The molecular formula is C20H14F4N4O4. The zero-order valence-electron chi connectivity index (χ0n) is 16.3. The van der Waals surface area contributed by atoms with Crippen molar-refractivity contribution >= 4 is 28.2 Å². The molecule has 1 atom stereocenters. The predicted octanol–water partition coefficient (Wildman–Crippen LogP) is 3.97. The van der Waals surface area contributed by atoms with Crippen molar-refractivity contribution in [1.29, 1.82) is 5.26 Å². The van der Waals surface area contributed by atoms with E-state index in [1.807, 2.05) is 0 Å². The molecule has 3 aromatic rings. The molecule has 0 fully saturated rings. The molecule has 0 saturated heterocycles. The van der Waals surface area contributed by atoms with Crippen molar-refractivity contribution in [3.8, 4) is 6.07 Å². The topological polar surface area (TPSA) is 121 Å². The molecule has 1 unspecified atom stereocenters. The van der Waals surface area contributed by atoms with E-state index in [0.29, 0.717) is 6.07 Å². The van der Waals surface area contributed by atoms with Gasteiger partial charge in [0.2, 0.25) is 0 Å². The number of hydrogen-bond donors (Lipinski definition) is 2. The van der Waals surface area contributed by atoms with Gasteiger partial charge in [-0.25, -0.2) is 4.39 Å². The molecule has 0 spiro atoms. The number of nitrogens with one attached hydrogen (secondary N) is 1. The first-order valence-electron chi connectivity index (χ1n) is 8.91. The van der Waals surface area contributed by atoms with Gasteiger partial charge in [0.1, 0.15) is 5.82 Å². The molecule has 0 bridgehead atoms. The van der Waals surface area contributed by atoms with Crippen LogP contribution in [0, 0.1) is 27.3 Å². The molecule has 1 aromatic heterocycles. The van der Waals surface area contributed by atoms with Crippen LogP contribution in [0.2, 0.25) is 0 Å². The minimum Gasteiger partial charge on any atom is -0.378 e. The molecule has 2 N–H and O–H groups in total. The number of fused-ring (bicyclic) bond motifs is 1. The van der Waals surface area contributed by atoms with Gasteiger partial charge in [-0.3, -0.25) is 14.9 Å². The molecule has 0 aliphatic rings. The van der Waals surface area contributed by atoms with Gasteiger partial charge in [0, 0.05) is 5.69 Å². The first kappa shape index (κ1) is 22.7. The van der Waals surface area contributed by atoms with Crippen molar-refractivity contribution in [1.82, 2.24) is 4.57 Å². The summed E-state index contributed by atoms with van der Waals surface area (Å²) < 4.78 is 54.1. The third kappa shape index (κ3) is 4.37. The fraction of sp³-hybridized carbons (Fsp3) is 0.200. The fourth-order valence-corrected chi connectivity index (χ4v) is 3.15. The maximum Gasteiger partial charge on any atom is 0.417 e. The number of aliphatic hydroxyl groups is 1. The first-order valence-corrected chi connectivity index (χ1v) is 8.91. The Kier molecular flexibility index (Phi) is 5.63. The lowest BCUT2D eigenvalue weighted by atomic mass is 10.0. The average Bonchev–Trinajstić information content (AvgIpc) is 3.04. The smallest absolute Gasteiger partial charge is 0.378 e. The summed E-state index contributed by atoms with van der Waals surface area (Å²) in [5.41, 5.74) is -4.71. The van der Waals surface area contributed by atoms with E-state index in [9.17, 15) is 37.6 Å². The van der Waals surface area contributed by atoms with E-state index < -0.39 is 51.8 Å². The Balaban J connectivity index is 1.91. The number of aromatic nitrogens is 1. The second-order valence-corrected chi connectivity index (χ2v) is 7.16. The molecule has 32 heavy (non-hydrogen) atoms. The quantitative estimate of drug-likeness (QED) is 0.346. The van der Waals surface area contributed by atoms with Crippen molar-refractivity contribution < 1.29 is 32.4 Å². The summed E-state index contributed by atoms with van der Waals surface area (Å²) in [6.07, 6.45) is -3.82. The van der Waals surface area contributed by atoms with E-state index in [1.54, 1.807) is 0 Å². The highest BCUT2D eigenvalue weighted by atomic mass is 19.4. The predicted molar refractivity (Wildman–Crippen MR) is 104 cm³/mol. The number of nitrogens with zero attached hydrogens (tertiary/aromatic N) is 3. The standard InChI is InChI=1S/C20H14F4N4O4/c1-19(30,10-27-9-17(28(31)32)14-6-12(21)3-5-16(14)27)18(29)26-13-4-2-11(8-25)15(7-13)20(22,23)24/h2-7,9,30H,10H2,1H3,(H,26,29). The average molecular weight is 450 g/mol. The van der Waals surface area contributed by atoms with Gasteiger partial charge in [-0.1, -0.05) is 0 Å². The van der Waals surface area contributed by atoms with Gasteiger partial charge in [-0.2, -0.15) is 18.4 Å². The van der Waals surface area contributed by atoms with Crippen LogP contribution in [-0.2, 0) is 17.5 Å². The lowest BCUT2D eigenvalue weighted by Crippen LogP contribution is -2.43. The second-order valence-electron chi connectivity index (χ2n) is 7.16. The molecule has 2 aromatic carbocycles. The minimum absolute atomic E-state index is 0.0480. The number of carbonyl (C=O) groups is 1. The highest BCUT2D eigenvalue weighted by molar-refractivity contribution is 5.97. The van der Waals surface area contributed by atoms with Crippen LogP contribution in [0.1, 0.15) is 18.1 Å². The Bertz CT molecular complexity index is 1280. The van der Waals surface area contributed by atoms with Crippen LogP contribution < -0.4 is 5.32 Å². The van der Waals surface area contributed by atoms with Crippen molar-refractivity contribution in [3.05, 3.63) is 69.7 Å². The normalized spacial score (nSPS) is 13.4. The third-order valence-electron chi connectivity index (χ3n) is 4.69. The van der Waals surface area contributed by atoms with E-state index in [1.165, 1.54) is 16.7 Å². The van der Waals surface area contributed by atoms with Crippen molar-refractivity contribution in [2.24, 2.45) is 0 Å². The molecule has 0 aliphatic heterocycles. The molecule has 0 saturated carbocycles. The van der Waals surface area contributed by atoms with Crippen molar-refractivity contribution in [3.63, 3.8) is 0 Å². The van der Waals surface area contributed by atoms with Gasteiger partial charge < -0.3 is 15.0 Å². The van der Waals surface area contributed by atoms with Crippen LogP contribution in [0.25, 0.3) is 10.9 Å². The van der Waals surface area contributed by atoms with Crippen molar-refractivity contribution in [2.75, 3.05) is 5.32 Å². The number of benzene rings is 2. The van der Waals surface area contributed by atoms with Crippen LogP contribution in [0.5, 0.6) is 0 Å². The van der Waals surface area contributed by atoms with Gasteiger partial charge in [-0.15, -0.1) is 0 Å². The third-order valence-corrected chi connectivity index (χ3v) is 4.69. The first-order chi connectivity index (χ1) is 14.8. The number of hydrogen-bond acceptors (Lipinski definition) is 5. The lowest BCUT2D eigenvalue weighted by Gasteiger charge is -2.23. The summed E-state index contributed by atoms with van der Waals surface area (Å²) in [5, 5.41) is 32.8. The number of halogens is 4. The van der Waals surface area contributed by atoms with Crippen LogP contribution in [0.4, 0.5) is 28.9 Å². The number of nitro groups is 1. The molecule has 1 amide bonds. The molecule has 0 radical (unpaired) electrons. The Morgan fingerprint density at radius 2 is 1.97 bits per heavy atom. The molecule has 8 nitrogen and oxygen atoms in total. The Morgan fingerprint density at radius 1 is 1.28 bits per heavy atom. The molecule has 12 heteroatoms. The summed E-state index contributed by atoms with van der Waals surface area (Å²) in [5.74, 6) is -1.81. The van der Waals surface area contributed by atoms with E-state index in [2.05, 4.69) is 5.32 Å². The zero-order valence-corrected chi connectivity index (χ0v) is 16.3. The Morgan fingerprint density at radius 3 is 2.56 bits per heavy atom. The maximum absolute atomic E-state index is 13.5. The zero-order chi connectivity index (χ0) is 23.8. The van der Waals surface area contributed by atoms with Gasteiger partial charge in [-0.05, 0) is 43.3 Å². The largest absolute Gasteiger partial charge is 0.417 e. The SMILES string of the molecule is CC(O)(Cn1cc([N+](=O)[O-])c2cc(F)ccc21)C(=O)Nc1ccc(C#N)c(C(F)(F)F)c1. The van der Waals surface area contributed by atoms with Gasteiger partial charge >= 0.3 is 6.18 Å². The van der Waals surface area contributed by atoms with Crippen LogP contribution >= 0.6 is 0 Å². The highest BCUT2D eigenvalue weighted by Crippen LogP contribution is 2.34. The maximum atomic E-state index is 13.5. The lowest BCUT2D eigenvalue weighted by molar-refractivity contribution is -0.383. The Labute approximate surface area is 177 Å². The summed E-state index contributed by atoms with van der Waals surface area (Å²) in [6, 6.07) is 7.15. The number of anilines is 1. The highest BCUT2D eigenvalue weighted by Gasteiger charge is 2.36. The summed E-state index contributed by atoms with van der Waals surface area (Å²) in [7, 11) is 0. The van der Waals surface area contributed by atoms with Gasteiger partial charge in [0.15, 0.2) is 5.60 Å². The van der Waals surface area contributed by atoms with Crippen LogP contribution in [-0.4, -0.2) is 26.1 Å².